The number of nitrogens with one attached hydrogen (secondary N) is 1. The molecule has 1 aromatic heterocycles. The van der Waals surface area contributed by atoms with Gasteiger partial charge < -0.3 is 4.98 Å². The molecule has 1 aromatic rings. The summed E-state index contributed by atoms with van der Waals surface area (Å²) in [5.74, 6) is 1.17. The second-order valence-corrected chi connectivity index (χ2v) is 7.67. The number of hydrogen-bond acceptors (Lipinski definition) is 3. The predicted octanol–water partition coefficient (Wildman–Crippen LogP) is 1.68. The molecule has 0 saturated carbocycles. The lowest BCUT2D eigenvalue weighted by molar-refractivity contribution is 0.531. The predicted molar refractivity (Wildman–Crippen MR) is 66.4 cm³/mol. The molecule has 2 rings (SSSR count). The van der Waals surface area contributed by atoms with Crippen LogP contribution in [0.5, 0.6) is 0 Å². The smallest absolute Gasteiger partial charge is 0.154 e. The van der Waals surface area contributed by atoms with Crippen LogP contribution in [-0.4, -0.2) is 34.2 Å². The lowest BCUT2D eigenvalue weighted by Crippen LogP contribution is -2.36. The van der Waals surface area contributed by atoms with Gasteiger partial charge in [0.15, 0.2) is 9.84 Å². The first-order valence-corrected chi connectivity index (χ1v) is 8.06. The van der Waals surface area contributed by atoms with Gasteiger partial charge in [-0.15, -0.1) is 0 Å². The van der Waals surface area contributed by atoms with Crippen LogP contribution in [-0.2, 0) is 16.3 Å². The molecule has 1 saturated heterocycles. The molecule has 1 N–H and O–H groups in total. The molecule has 0 amide bonds. The van der Waals surface area contributed by atoms with E-state index in [0.717, 1.165) is 25.1 Å². The van der Waals surface area contributed by atoms with Crippen LogP contribution in [0.2, 0.25) is 0 Å². The lowest BCUT2D eigenvalue weighted by Gasteiger charge is -2.26. The zero-order valence-electron chi connectivity index (χ0n) is 8.89. The van der Waals surface area contributed by atoms with Crippen molar-refractivity contribution in [2.45, 2.75) is 35.8 Å². The summed E-state index contributed by atoms with van der Waals surface area (Å²) < 4.78 is 23.8. The molecular formula is C10H15BrN2O2S. The van der Waals surface area contributed by atoms with Crippen LogP contribution < -0.4 is 0 Å². The van der Waals surface area contributed by atoms with E-state index in [9.17, 15) is 8.42 Å². The molecule has 1 aliphatic rings. The molecule has 0 radical (unpaired) electrons. The maximum atomic E-state index is 11.9. The Bertz CT molecular complexity index is 430. The third-order valence-electron chi connectivity index (χ3n) is 2.98. The molecular weight excluding hydrogens is 292 g/mol. The summed E-state index contributed by atoms with van der Waals surface area (Å²) in [7, 11) is -2.91. The SMILES string of the molecule is O=S1(=O)CCCCC1C(Br)Cc1ncc[nH]1. The molecule has 4 nitrogen and oxygen atoms in total. The van der Waals surface area contributed by atoms with Crippen LogP contribution >= 0.6 is 15.9 Å². The van der Waals surface area contributed by atoms with Crippen molar-refractivity contribution in [3.05, 3.63) is 18.2 Å². The van der Waals surface area contributed by atoms with Gasteiger partial charge in [0.05, 0.1) is 11.0 Å². The minimum absolute atomic E-state index is 0.0380. The number of H-pyrrole nitrogens is 1. The average molecular weight is 307 g/mol. The van der Waals surface area contributed by atoms with E-state index in [1.54, 1.807) is 12.4 Å². The minimum Gasteiger partial charge on any atom is -0.349 e. The van der Waals surface area contributed by atoms with E-state index in [2.05, 4.69) is 25.9 Å². The summed E-state index contributed by atoms with van der Waals surface area (Å²) in [6, 6.07) is 0. The standard InChI is InChI=1S/C10H15BrN2O2S/c11-8(7-10-12-4-5-13-10)9-3-1-2-6-16(9,14)15/h4-5,8-9H,1-3,6-7H2,(H,12,13). The molecule has 0 spiro atoms. The van der Waals surface area contributed by atoms with Crippen molar-refractivity contribution in [3.63, 3.8) is 0 Å². The van der Waals surface area contributed by atoms with Crippen molar-refractivity contribution in [3.8, 4) is 0 Å². The second-order valence-electron chi connectivity index (χ2n) is 4.16. The van der Waals surface area contributed by atoms with Gasteiger partial charge in [0.2, 0.25) is 0 Å². The number of nitrogens with zero attached hydrogens (tertiary/aromatic N) is 1. The van der Waals surface area contributed by atoms with E-state index in [4.69, 9.17) is 0 Å². The van der Waals surface area contributed by atoms with Crippen LogP contribution in [0.1, 0.15) is 25.1 Å². The number of alkyl halides is 1. The van der Waals surface area contributed by atoms with E-state index in [1.165, 1.54) is 0 Å². The van der Waals surface area contributed by atoms with Crippen LogP contribution in [0.25, 0.3) is 0 Å². The Balaban J connectivity index is 2.06. The molecule has 2 atom stereocenters. The molecule has 1 fully saturated rings. The second kappa shape index (κ2) is 4.87. The fraction of sp³-hybridized carbons (Fsp3) is 0.700. The van der Waals surface area contributed by atoms with E-state index < -0.39 is 9.84 Å². The topological polar surface area (TPSA) is 62.8 Å². The fourth-order valence-corrected chi connectivity index (χ4v) is 5.65. The number of aromatic nitrogens is 2. The van der Waals surface area contributed by atoms with E-state index >= 15 is 0 Å². The molecule has 0 aliphatic carbocycles. The maximum absolute atomic E-state index is 11.9. The Morgan fingerprint density at radius 3 is 3.00 bits per heavy atom. The van der Waals surface area contributed by atoms with Crippen LogP contribution in [0.4, 0.5) is 0 Å². The number of rotatable bonds is 3. The Kier molecular flexibility index (Phi) is 3.69. The molecule has 0 aromatic carbocycles. The Morgan fingerprint density at radius 1 is 1.56 bits per heavy atom. The third kappa shape index (κ3) is 2.66. The van der Waals surface area contributed by atoms with E-state index in [0.29, 0.717) is 12.2 Å². The number of halogens is 1. The van der Waals surface area contributed by atoms with Gasteiger partial charge >= 0.3 is 0 Å². The van der Waals surface area contributed by atoms with Crippen LogP contribution in [0.3, 0.4) is 0 Å². The van der Waals surface area contributed by atoms with Gasteiger partial charge in [0, 0.05) is 23.6 Å². The Hall–Kier alpha value is -0.360. The molecule has 6 heteroatoms. The summed E-state index contributed by atoms with van der Waals surface area (Å²) >= 11 is 3.50. The first-order chi connectivity index (χ1) is 7.59. The molecule has 16 heavy (non-hydrogen) atoms. The summed E-state index contributed by atoms with van der Waals surface area (Å²) in [4.78, 5) is 7.08. The van der Waals surface area contributed by atoms with Gasteiger partial charge in [-0.05, 0) is 12.8 Å². The largest absolute Gasteiger partial charge is 0.349 e. The third-order valence-corrected chi connectivity index (χ3v) is 6.63. The van der Waals surface area contributed by atoms with Crippen molar-refractivity contribution >= 4 is 25.8 Å². The molecule has 2 unspecified atom stereocenters. The average Bonchev–Trinajstić information content (AvgIpc) is 2.69. The minimum atomic E-state index is -2.91. The van der Waals surface area contributed by atoms with Gasteiger partial charge in [0.25, 0.3) is 0 Å². The zero-order chi connectivity index (χ0) is 11.6. The molecule has 90 valence electrons. The molecule has 0 bridgehead atoms. The zero-order valence-corrected chi connectivity index (χ0v) is 11.3. The van der Waals surface area contributed by atoms with E-state index in [1.807, 2.05) is 0 Å². The quantitative estimate of drug-likeness (QED) is 0.864. The monoisotopic (exact) mass is 306 g/mol. The number of sulfone groups is 1. The Labute approximate surface area is 104 Å². The van der Waals surface area contributed by atoms with Crippen molar-refractivity contribution < 1.29 is 8.42 Å². The highest BCUT2D eigenvalue weighted by Gasteiger charge is 2.34. The molecule has 2 heterocycles. The van der Waals surface area contributed by atoms with Crippen molar-refractivity contribution in [1.29, 1.82) is 0 Å². The fourth-order valence-electron chi connectivity index (χ4n) is 2.11. The van der Waals surface area contributed by atoms with Gasteiger partial charge in [-0.25, -0.2) is 13.4 Å². The number of imidazole rings is 1. The Morgan fingerprint density at radius 2 is 2.38 bits per heavy atom. The maximum Gasteiger partial charge on any atom is 0.154 e. The molecule has 1 aliphatic heterocycles. The van der Waals surface area contributed by atoms with Crippen molar-refractivity contribution in [1.82, 2.24) is 9.97 Å². The van der Waals surface area contributed by atoms with Gasteiger partial charge in [-0.2, -0.15) is 0 Å². The number of hydrogen-bond donors (Lipinski definition) is 1. The van der Waals surface area contributed by atoms with Gasteiger partial charge in [0.1, 0.15) is 5.82 Å². The van der Waals surface area contributed by atoms with Crippen LogP contribution in [0, 0.1) is 0 Å². The highest BCUT2D eigenvalue weighted by atomic mass is 79.9. The summed E-state index contributed by atoms with van der Waals surface area (Å²) in [5.41, 5.74) is 0. The van der Waals surface area contributed by atoms with E-state index in [-0.39, 0.29) is 10.1 Å². The highest BCUT2D eigenvalue weighted by molar-refractivity contribution is 9.09. The lowest BCUT2D eigenvalue weighted by atomic mass is 10.1. The van der Waals surface area contributed by atoms with Gasteiger partial charge in [-0.1, -0.05) is 22.4 Å². The van der Waals surface area contributed by atoms with Crippen molar-refractivity contribution in [2.24, 2.45) is 0 Å². The highest BCUT2D eigenvalue weighted by Crippen LogP contribution is 2.27. The normalized spacial score (nSPS) is 26.4. The number of aromatic amines is 1. The summed E-state index contributed by atoms with van der Waals surface area (Å²) in [5, 5.41) is -0.258. The summed E-state index contributed by atoms with van der Waals surface area (Å²) in [6.07, 6.45) is 6.65. The van der Waals surface area contributed by atoms with Gasteiger partial charge in [-0.3, -0.25) is 0 Å². The summed E-state index contributed by atoms with van der Waals surface area (Å²) in [6.45, 7) is 0. The first-order valence-electron chi connectivity index (χ1n) is 5.43. The van der Waals surface area contributed by atoms with Crippen molar-refractivity contribution in [2.75, 3.05) is 5.75 Å². The van der Waals surface area contributed by atoms with Crippen LogP contribution in [0.15, 0.2) is 12.4 Å². The first kappa shape index (κ1) is 12.1.